The Bertz CT molecular complexity index is 4380. The maximum atomic E-state index is 11.1. The molecule has 118 heavy (non-hydrogen) atoms. The monoisotopic (exact) mass is 1640 g/mol. The molecule has 8 aromatic carbocycles. The van der Waals surface area contributed by atoms with Crippen molar-refractivity contribution in [3.8, 4) is 11.5 Å². The first-order chi connectivity index (χ1) is 56.2. The fraction of sp³-hybridized carbons (Fsp3) is 0.265. The first-order valence-electron chi connectivity index (χ1n) is 37.7. The van der Waals surface area contributed by atoms with Crippen molar-refractivity contribution >= 4 is 71.3 Å². The second-order valence-corrected chi connectivity index (χ2v) is 28.5. The number of aryl methyl sites for hydroxylation is 8. The molecule has 8 aromatic rings. The van der Waals surface area contributed by atoms with Crippen LogP contribution in [0, 0.1) is 55.4 Å². The number of esters is 8. The lowest BCUT2D eigenvalue weighted by Crippen LogP contribution is -2.12. The molecule has 0 aliphatic rings. The largest absolute Gasteiger partial charge is 0.490 e. The van der Waals surface area contributed by atoms with Gasteiger partial charge in [0, 0.05) is 80.7 Å². The number of thioether (sulfide) groups is 2. The molecule has 0 spiro atoms. The van der Waals surface area contributed by atoms with Crippen molar-refractivity contribution in [2.75, 3.05) is 64.4 Å². The molecule has 0 atom stereocenters. The molecule has 0 unspecified atom stereocenters. The summed E-state index contributed by atoms with van der Waals surface area (Å²) in [5, 5.41) is 0. The van der Waals surface area contributed by atoms with Gasteiger partial charge >= 0.3 is 47.8 Å². The van der Waals surface area contributed by atoms with Gasteiger partial charge in [-0.25, -0.2) is 38.4 Å². The van der Waals surface area contributed by atoms with Crippen molar-refractivity contribution in [3.63, 3.8) is 0 Å². The fourth-order valence-electron chi connectivity index (χ4n) is 8.91. The van der Waals surface area contributed by atoms with E-state index in [0.717, 1.165) is 81.4 Å². The van der Waals surface area contributed by atoms with Crippen LogP contribution in [0.5, 0.6) is 11.5 Å². The molecule has 0 aromatic heterocycles. The lowest BCUT2D eigenvalue weighted by Gasteiger charge is -2.07. The van der Waals surface area contributed by atoms with Gasteiger partial charge in [-0.05, 0) is 165 Å². The van der Waals surface area contributed by atoms with Crippen LogP contribution in [0.4, 0.5) is 0 Å². The van der Waals surface area contributed by atoms with Crippen LogP contribution in [-0.4, -0.2) is 112 Å². The summed E-state index contributed by atoms with van der Waals surface area (Å²) < 4.78 is 50.1. The van der Waals surface area contributed by atoms with Crippen molar-refractivity contribution in [2.24, 2.45) is 0 Å². The second-order valence-electron chi connectivity index (χ2n) is 26.1. The molecule has 0 heterocycles. The van der Waals surface area contributed by atoms with E-state index in [1.807, 2.05) is 193 Å². The van der Waals surface area contributed by atoms with E-state index >= 15 is 0 Å². The van der Waals surface area contributed by atoms with Crippen molar-refractivity contribution in [1.29, 1.82) is 0 Å². The topological polar surface area (TPSA) is 229 Å². The maximum absolute atomic E-state index is 11.1. The van der Waals surface area contributed by atoms with E-state index in [-0.39, 0.29) is 55.0 Å². The van der Waals surface area contributed by atoms with Crippen LogP contribution in [0.3, 0.4) is 0 Å². The molecular formula is C98H116O18S2. The minimum absolute atomic E-state index is 0.235. The first kappa shape index (κ1) is 104. The van der Waals surface area contributed by atoms with Crippen LogP contribution in [0.15, 0.2) is 303 Å². The zero-order valence-corrected chi connectivity index (χ0v) is 72.1. The van der Waals surface area contributed by atoms with E-state index in [4.69, 9.17) is 47.4 Å². The van der Waals surface area contributed by atoms with Gasteiger partial charge < -0.3 is 47.4 Å². The highest BCUT2D eigenvalue weighted by Gasteiger charge is 2.08. The van der Waals surface area contributed by atoms with Crippen LogP contribution in [-0.2, 0) is 102 Å². The SMILES string of the molecule is C=C(C)C(=O)OCCOc1cccc(C)c1.C=C(C)C(=O)OCCSc1cccc(C)c1.C=C(C)C(=O)OCCc1cccc(C)c1.C=C(C)C(=O)OCc1cccc(C)c1.C=CC(=O)OCCOc1cccc(C)c1.C=CC(=O)OCCSc1cccc(C)c1.C=CC(=O)OCCc1cccc(C)c1.C=CC(=O)OCc1cccc(C)c1. The van der Waals surface area contributed by atoms with E-state index in [2.05, 4.69) is 109 Å². The summed E-state index contributed by atoms with van der Waals surface area (Å²) in [6.07, 6.45) is 6.15. The molecule has 0 N–H and O–H groups in total. The predicted molar refractivity (Wildman–Crippen MR) is 475 cm³/mol. The van der Waals surface area contributed by atoms with Crippen molar-refractivity contribution in [3.05, 3.63) is 360 Å². The third-order valence-electron chi connectivity index (χ3n) is 14.7. The zero-order valence-electron chi connectivity index (χ0n) is 70.5. The van der Waals surface area contributed by atoms with Crippen LogP contribution >= 0.6 is 23.5 Å². The fourth-order valence-corrected chi connectivity index (χ4v) is 10.6. The highest BCUT2D eigenvalue weighted by molar-refractivity contribution is 7.99. The van der Waals surface area contributed by atoms with E-state index < -0.39 is 5.97 Å². The van der Waals surface area contributed by atoms with E-state index in [0.29, 0.717) is 75.1 Å². The molecule has 0 bridgehead atoms. The lowest BCUT2D eigenvalue weighted by atomic mass is 10.1. The summed E-state index contributed by atoms with van der Waals surface area (Å²) in [6.45, 7) is 53.5. The first-order valence-corrected chi connectivity index (χ1v) is 39.7. The van der Waals surface area contributed by atoms with Gasteiger partial charge in [0.1, 0.15) is 64.4 Å². The van der Waals surface area contributed by atoms with E-state index in [1.54, 1.807) is 51.2 Å². The normalized spacial score (nSPS) is 9.59. The molecule has 0 aliphatic heterocycles. The van der Waals surface area contributed by atoms with Gasteiger partial charge in [0.05, 0.1) is 13.2 Å². The quantitative estimate of drug-likeness (QED) is 0.0120. The summed E-state index contributed by atoms with van der Waals surface area (Å²) in [6, 6.07) is 63.9. The van der Waals surface area contributed by atoms with Gasteiger partial charge in [-0.3, -0.25) is 0 Å². The highest BCUT2D eigenvalue weighted by atomic mass is 32.2. The molecule has 0 saturated heterocycles. The van der Waals surface area contributed by atoms with Crippen molar-refractivity contribution in [2.45, 2.75) is 119 Å². The Balaban J connectivity index is 0.000000675. The van der Waals surface area contributed by atoms with Crippen LogP contribution < -0.4 is 9.47 Å². The molecular weight excluding hydrogens is 1530 g/mol. The molecule has 0 aliphatic carbocycles. The average Bonchev–Trinajstić information content (AvgIpc) is 0.948. The smallest absolute Gasteiger partial charge is 0.333 e. The summed E-state index contributed by atoms with van der Waals surface area (Å²) >= 11 is 3.36. The number of hydrogen-bond donors (Lipinski definition) is 0. The van der Waals surface area contributed by atoms with Gasteiger partial charge in [0.2, 0.25) is 0 Å². The van der Waals surface area contributed by atoms with Gasteiger partial charge in [0.15, 0.2) is 0 Å². The third kappa shape index (κ3) is 54.5. The molecule has 0 radical (unpaired) electrons. The Hall–Kier alpha value is -12.3. The number of hydrogen-bond acceptors (Lipinski definition) is 20. The zero-order chi connectivity index (χ0) is 88.0. The van der Waals surface area contributed by atoms with Crippen molar-refractivity contribution < 1.29 is 85.7 Å². The molecule has 0 amide bonds. The Labute approximate surface area is 707 Å². The van der Waals surface area contributed by atoms with Crippen LogP contribution in [0.2, 0.25) is 0 Å². The molecule has 0 saturated carbocycles. The molecule has 18 nitrogen and oxygen atoms in total. The van der Waals surface area contributed by atoms with E-state index in [9.17, 15) is 38.4 Å². The average molecular weight is 1650 g/mol. The number of ether oxygens (including phenoxy) is 10. The second kappa shape index (κ2) is 63.0. The summed E-state index contributed by atoms with van der Waals surface area (Å²) in [5.41, 5.74) is 15.6. The summed E-state index contributed by atoms with van der Waals surface area (Å²) in [7, 11) is 0. The Morgan fingerprint density at radius 2 is 0.534 bits per heavy atom. The van der Waals surface area contributed by atoms with E-state index in [1.165, 1.54) is 55.3 Å². The minimum Gasteiger partial charge on any atom is -0.490 e. The van der Waals surface area contributed by atoms with Crippen molar-refractivity contribution in [1.82, 2.24) is 0 Å². The minimum atomic E-state index is -0.428. The number of benzene rings is 8. The van der Waals surface area contributed by atoms with Gasteiger partial charge in [-0.15, -0.1) is 23.5 Å². The number of rotatable bonds is 34. The third-order valence-corrected chi connectivity index (χ3v) is 16.6. The maximum Gasteiger partial charge on any atom is 0.333 e. The molecule has 628 valence electrons. The lowest BCUT2D eigenvalue weighted by molar-refractivity contribution is -0.140. The Kier molecular flexibility index (Phi) is 55.4. The number of carbonyl (C=O) groups is 8. The summed E-state index contributed by atoms with van der Waals surface area (Å²) in [4.78, 5) is 89.5. The standard InChI is InChI=1S/C13H16O3.C13H16O2S.C13H16O2.C12H14O3.C12H14O2S.2C12H14O2.C11H12O2/c1-10(2)13(14)16-8-7-15-12-6-4-5-11(3)9-12;1-10(2)13(14)15-7-8-16-12-6-4-5-11(3)9-12;1-10(2)13(14)15-8-7-12-6-4-5-11(3)9-12;1-3-12(13)15-8-7-14-11-6-4-5-10(2)9-11;1-3-12(13)14-7-8-15-11-6-4-5-10(2)9-11;1-9(2)12(13)14-8-11-6-4-5-10(3)7-11;1-3-12(13)14-8-7-11-6-4-5-10(2)9-11;1-3-11(12)13-8-10-6-4-5-9(2)7-10/h2*4-6,9H,1,7-8H2,2-3H3;4-6,9H,1,7-8H2,2-3H3;2*3-6,9H,1,7-8H2,2H3;4-7H,1,8H2,2-3H3;3-6,9H,1,7-8H2,2H3;3-7H,1,8H2,2H3. The van der Waals surface area contributed by atoms with Gasteiger partial charge in [0.25, 0.3) is 0 Å². The number of carbonyl (C=O) groups excluding carboxylic acids is 8. The van der Waals surface area contributed by atoms with Gasteiger partial charge in [-0.2, -0.15) is 0 Å². The molecule has 20 heteroatoms. The van der Waals surface area contributed by atoms with Crippen LogP contribution in [0.25, 0.3) is 0 Å². The molecule has 0 fully saturated rings. The highest BCUT2D eigenvalue weighted by Crippen LogP contribution is 2.21. The van der Waals surface area contributed by atoms with Crippen LogP contribution in [0.1, 0.15) is 94.5 Å². The molecule has 8 rings (SSSR count). The Morgan fingerprint density at radius 1 is 0.280 bits per heavy atom. The predicted octanol–water partition coefficient (Wildman–Crippen LogP) is 20.4. The Morgan fingerprint density at radius 3 is 0.881 bits per heavy atom. The summed E-state index contributed by atoms with van der Waals surface area (Å²) in [5.74, 6) is 0.204. The van der Waals surface area contributed by atoms with Gasteiger partial charge in [-0.1, -0.05) is 232 Å².